The molecule has 23 heavy (non-hydrogen) atoms. The van der Waals surface area contributed by atoms with E-state index in [0.717, 1.165) is 0 Å². The van der Waals surface area contributed by atoms with Crippen molar-refractivity contribution >= 4 is 11.6 Å². The van der Waals surface area contributed by atoms with Gasteiger partial charge in [0.25, 0.3) is 0 Å². The van der Waals surface area contributed by atoms with Crippen LogP contribution in [0.1, 0.15) is 29.1 Å². The van der Waals surface area contributed by atoms with Crippen LogP contribution >= 0.6 is 0 Å². The highest BCUT2D eigenvalue weighted by atomic mass is 19.4. The predicted molar refractivity (Wildman–Crippen MR) is 69.3 cm³/mol. The fourth-order valence-corrected chi connectivity index (χ4v) is 1.73. The quantitative estimate of drug-likeness (QED) is 0.462. The molecule has 0 bridgehead atoms. The fourth-order valence-electron chi connectivity index (χ4n) is 1.73. The van der Waals surface area contributed by atoms with E-state index in [1.54, 1.807) is 0 Å². The Kier molecular flexibility index (Phi) is 4.87. The van der Waals surface area contributed by atoms with Crippen LogP contribution in [-0.4, -0.2) is 28.4 Å². The van der Waals surface area contributed by atoms with E-state index in [4.69, 9.17) is 0 Å². The van der Waals surface area contributed by atoms with Gasteiger partial charge in [0.1, 0.15) is 0 Å². The number of Topliss-reactive ketones (excluding diaryl/α,β-unsaturated/α-hetero) is 2. The first kappa shape index (κ1) is 16.8. The second-order valence-electron chi connectivity index (χ2n) is 4.54. The van der Waals surface area contributed by atoms with Gasteiger partial charge in [0.15, 0.2) is 0 Å². The number of carbonyl (C=O) groups is 2. The van der Waals surface area contributed by atoms with Crippen LogP contribution in [0.2, 0.25) is 0 Å². The summed E-state index contributed by atoms with van der Waals surface area (Å²) >= 11 is 0. The molecule has 122 valence electrons. The van der Waals surface area contributed by atoms with E-state index in [1.807, 2.05) is 0 Å². The predicted octanol–water partition coefficient (Wildman–Crippen LogP) is 3.26. The van der Waals surface area contributed by atoms with E-state index in [1.165, 1.54) is 24.3 Å². The maximum Gasteiger partial charge on any atom is 0.471 e. The largest absolute Gasteiger partial charge is 0.471 e. The Morgan fingerprint density at radius 1 is 1.13 bits per heavy atom. The Morgan fingerprint density at radius 2 is 1.78 bits per heavy atom. The fraction of sp³-hybridized carbons (Fsp3) is 0.286. The lowest BCUT2D eigenvalue weighted by molar-refractivity contribution is -0.159. The molecule has 0 fully saturated rings. The molecular weight excluding hydrogens is 320 g/mol. The Hall–Kier alpha value is -2.58. The molecule has 0 spiro atoms. The van der Waals surface area contributed by atoms with Crippen LogP contribution in [0.5, 0.6) is 0 Å². The SMILES string of the molecule is O=C(CCCF)C(=O)c1ccc(-c2noc(C(F)(F)F)n2)cc1. The molecule has 2 rings (SSSR count). The number of rotatable bonds is 6. The van der Waals surface area contributed by atoms with Crippen LogP contribution in [0.3, 0.4) is 0 Å². The first-order valence-electron chi connectivity index (χ1n) is 6.47. The van der Waals surface area contributed by atoms with Crippen molar-refractivity contribution in [2.24, 2.45) is 0 Å². The first-order valence-corrected chi connectivity index (χ1v) is 6.47. The molecule has 9 heteroatoms. The third-order valence-electron chi connectivity index (χ3n) is 2.86. The zero-order valence-corrected chi connectivity index (χ0v) is 11.6. The molecule has 0 radical (unpaired) electrons. The minimum atomic E-state index is -4.75. The van der Waals surface area contributed by atoms with Gasteiger partial charge in [-0.25, -0.2) is 0 Å². The van der Waals surface area contributed by atoms with E-state index < -0.39 is 30.3 Å². The zero-order valence-electron chi connectivity index (χ0n) is 11.6. The van der Waals surface area contributed by atoms with E-state index in [9.17, 15) is 27.2 Å². The number of benzene rings is 1. The molecule has 0 aliphatic carbocycles. The second-order valence-corrected chi connectivity index (χ2v) is 4.54. The molecule has 0 aliphatic heterocycles. The topological polar surface area (TPSA) is 73.1 Å². The number of ketones is 2. The molecule has 0 saturated heterocycles. The number of carbonyl (C=O) groups excluding carboxylic acids is 2. The summed E-state index contributed by atoms with van der Waals surface area (Å²) < 4.78 is 53.2. The molecule has 1 heterocycles. The molecule has 2 aromatic rings. The van der Waals surface area contributed by atoms with Crippen molar-refractivity contribution in [2.45, 2.75) is 19.0 Å². The van der Waals surface area contributed by atoms with Crippen LogP contribution in [0.4, 0.5) is 17.6 Å². The average molecular weight is 330 g/mol. The lowest BCUT2D eigenvalue weighted by Gasteiger charge is -2.00. The van der Waals surface area contributed by atoms with Gasteiger partial charge in [-0.2, -0.15) is 18.2 Å². The third kappa shape index (κ3) is 3.99. The van der Waals surface area contributed by atoms with Gasteiger partial charge in [-0.05, 0) is 6.42 Å². The van der Waals surface area contributed by atoms with Crippen molar-refractivity contribution in [3.63, 3.8) is 0 Å². The van der Waals surface area contributed by atoms with Gasteiger partial charge < -0.3 is 4.52 Å². The minimum Gasteiger partial charge on any atom is -0.329 e. The first-order chi connectivity index (χ1) is 10.8. The highest BCUT2D eigenvalue weighted by Crippen LogP contribution is 2.29. The van der Waals surface area contributed by atoms with Crippen LogP contribution < -0.4 is 0 Å². The van der Waals surface area contributed by atoms with Crippen molar-refractivity contribution < 1.29 is 31.7 Å². The number of alkyl halides is 4. The molecule has 0 amide bonds. The molecule has 1 aromatic heterocycles. The molecular formula is C14H10F4N2O3. The lowest BCUT2D eigenvalue weighted by Crippen LogP contribution is -2.14. The van der Waals surface area contributed by atoms with E-state index in [0.29, 0.717) is 0 Å². The van der Waals surface area contributed by atoms with Crippen LogP contribution in [0, 0.1) is 0 Å². The summed E-state index contributed by atoms with van der Waals surface area (Å²) in [4.78, 5) is 26.5. The Bertz CT molecular complexity index is 708. The highest BCUT2D eigenvalue weighted by molar-refractivity contribution is 6.43. The third-order valence-corrected chi connectivity index (χ3v) is 2.86. The van der Waals surface area contributed by atoms with Crippen LogP contribution in [-0.2, 0) is 11.0 Å². The molecule has 1 aromatic carbocycles. The zero-order chi connectivity index (χ0) is 17.0. The summed E-state index contributed by atoms with van der Waals surface area (Å²) in [5, 5.41) is 3.20. The van der Waals surface area contributed by atoms with E-state index in [2.05, 4.69) is 14.7 Å². The second kappa shape index (κ2) is 6.67. The van der Waals surface area contributed by atoms with Gasteiger partial charge in [-0.15, -0.1) is 0 Å². The van der Waals surface area contributed by atoms with E-state index >= 15 is 0 Å². The highest BCUT2D eigenvalue weighted by Gasteiger charge is 2.38. The molecule has 0 unspecified atom stereocenters. The smallest absolute Gasteiger partial charge is 0.329 e. The average Bonchev–Trinajstić information content (AvgIpc) is 3.02. The van der Waals surface area contributed by atoms with Crippen molar-refractivity contribution in [3.8, 4) is 11.4 Å². The molecule has 5 nitrogen and oxygen atoms in total. The monoisotopic (exact) mass is 330 g/mol. The normalized spacial score (nSPS) is 11.5. The van der Waals surface area contributed by atoms with Crippen molar-refractivity contribution in [1.82, 2.24) is 10.1 Å². The summed E-state index contributed by atoms with van der Waals surface area (Å²) in [5.74, 6) is -3.28. The van der Waals surface area contributed by atoms with Crippen molar-refractivity contribution in [2.75, 3.05) is 6.67 Å². The molecule has 0 atom stereocenters. The van der Waals surface area contributed by atoms with Gasteiger partial charge in [0, 0.05) is 17.5 Å². The van der Waals surface area contributed by atoms with Gasteiger partial charge in [0.05, 0.1) is 6.67 Å². The van der Waals surface area contributed by atoms with Gasteiger partial charge in [0.2, 0.25) is 17.4 Å². The number of halogens is 4. The standard InChI is InChI=1S/C14H10F4N2O3/c15-7-1-2-10(21)11(22)8-3-5-9(6-4-8)12-19-13(23-20-12)14(16,17)18/h3-6H,1-2,7H2. The Morgan fingerprint density at radius 3 is 2.30 bits per heavy atom. The summed E-state index contributed by atoms with van der Waals surface area (Å²) in [7, 11) is 0. The summed E-state index contributed by atoms with van der Waals surface area (Å²) in [6, 6.07) is 5.10. The van der Waals surface area contributed by atoms with Crippen molar-refractivity contribution in [1.29, 1.82) is 0 Å². The number of aromatic nitrogens is 2. The van der Waals surface area contributed by atoms with Crippen LogP contribution in [0.15, 0.2) is 28.8 Å². The minimum absolute atomic E-state index is 0.0360. The van der Waals surface area contributed by atoms with E-state index in [-0.39, 0.29) is 29.8 Å². The van der Waals surface area contributed by atoms with Gasteiger partial charge >= 0.3 is 12.1 Å². The van der Waals surface area contributed by atoms with Crippen molar-refractivity contribution in [3.05, 3.63) is 35.7 Å². The number of hydrogen-bond acceptors (Lipinski definition) is 5. The van der Waals surface area contributed by atoms with Crippen LogP contribution in [0.25, 0.3) is 11.4 Å². The Balaban J connectivity index is 2.15. The number of nitrogens with zero attached hydrogens (tertiary/aromatic N) is 2. The molecule has 0 N–H and O–H groups in total. The maximum atomic E-state index is 12.4. The number of hydrogen-bond donors (Lipinski definition) is 0. The lowest BCUT2D eigenvalue weighted by atomic mass is 10.0. The maximum absolute atomic E-state index is 12.4. The summed E-state index contributed by atoms with van der Waals surface area (Å²) in [5.41, 5.74) is 0.245. The summed E-state index contributed by atoms with van der Waals surface area (Å²) in [6.45, 7) is -0.697. The molecule has 0 aliphatic rings. The van der Waals surface area contributed by atoms with Gasteiger partial charge in [-0.1, -0.05) is 29.4 Å². The molecule has 0 saturated carbocycles. The Labute approximate surface area is 127 Å². The summed E-state index contributed by atoms with van der Waals surface area (Å²) in [6.07, 6.45) is -4.98. The van der Waals surface area contributed by atoms with Gasteiger partial charge in [-0.3, -0.25) is 14.0 Å².